The summed E-state index contributed by atoms with van der Waals surface area (Å²) in [5, 5.41) is 8.36. The molecule has 0 aliphatic carbocycles. The molecule has 0 aliphatic rings. The number of carbonyl (C=O) groups excluding carboxylic acids is 1. The number of rotatable bonds is 1. The van der Waals surface area contributed by atoms with Gasteiger partial charge < -0.3 is 9.11 Å². The first-order chi connectivity index (χ1) is 6.60. The quantitative estimate of drug-likeness (QED) is 0.335. The zero-order valence-electron chi connectivity index (χ0n) is 7.91. The molecule has 7 heteroatoms. The van der Waals surface area contributed by atoms with Crippen molar-refractivity contribution in [1.82, 2.24) is 0 Å². The summed E-state index contributed by atoms with van der Waals surface area (Å²) in [7, 11) is 0. The molecule has 0 saturated carbocycles. The third-order valence-electron chi connectivity index (χ3n) is 1.18. The predicted octanol–water partition coefficient (Wildman–Crippen LogP) is -2.29. The van der Waals surface area contributed by atoms with Gasteiger partial charge in [-0.05, 0) is 12.1 Å². The van der Waals surface area contributed by atoms with Crippen molar-refractivity contribution in [3.63, 3.8) is 0 Å². The van der Waals surface area contributed by atoms with Gasteiger partial charge in [0, 0.05) is 5.56 Å². The fourth-order valence-corrected chi connectivity index (χ4v) is 0.636. The monoisotopic (exact) mass is 235 g/mol. The Balaban J connectivity index is 0. The predicted molar refractivity (Wildman–Crippen MR) is 48.1 cm³/mol. The average Bonchev–Trinajstić information content (AvgIpc) is 2.17. The molecule has 1 N–H and O–H groups in total. The first kappa shape index (κ1) is 16.9. The molecule has 0 spiro atoms. The normalized spacial score (nSPS) is 9.67. The van der Waals surface area contributed by atoms with Crippen molar-refractivity contribution in [3.05, 3.63) is 35.4 Å². The van der Waals surface area contributed by atoms with E-state index in [0.717, 1.165) is 6.29 Å². The number of hydrogen-bond donors (Lipinski definition) is 1. The second kappa shape index (κ2) is 9.98. The van der Waals surface area contributed by atoms with E-state index in [2.05, 4.69) is 0 Å². The van der Waals surface area contributed by atoms with Crippen molar-refractivity contribution in [1.29, 1.82) is 5.26 Å². The van der Waals surface area contributed by atoms with E-state index in [4.69, 9.17) is 18.6 Å². The van der Waals surface area contributed by atoms with Crippen molar-refractivity contribution in [2.75, 3.05) is 0 Å². The topological polar surface area (TPSA) is 101 Å². The van der Waals surface area contributed by atoms with Gasteiger partial charge in [-0.25, -0.2) is 4.21 Å². The van der Waals surface area contributed by atoms with Crippen LogP contribution in [0, 0.1) is 11.3 Å². The van der Waals surface area contributed by atoms with Gasteiger partial charge in [-0.15, -0.1) is 0 Å². The Kier molecular flexibility index (Phi) is 11.2. The van der Waals surface area contributed by atoms with Crippen molar-refractivity contribution >= 4 is 17.6 Å². The summed E-state index contributed by atoms with van der Waals surface area (Å²) in [5.41, 5.74) is 1.17. The Hall–Kier alpha value is -0.550. The van der Waals surface area contributed by atoms with Crippen LogP contribution in [0.15, 0.2) is 24.3 Å². The molecule has 0 fully saturated rings. The number of hydrogen-bond acceptors (Lipinski definition) is 4. The van der Waals surface area contributed by atoms with Crippen molar-refractivity contribution in [2.24, 2.45) is 0 Å². The van der Waals surface area contributed by atoms with Crippen LogP contribution < -0.4 is 29.6 Å². The van der Waals surface area contributed by atoms with E-state index < -0.39 is 11.4 Å². The number of aldehydes is 1. The Morgan fingerprint density at radius 1 is 1.40 bits per heavy atom. The van der Waals surface area contributed by atoms with E-state index >= 15 is 0 Å². The molecule has 1 rings (SSSR count). The minimum atomic E-state index is -2.86. The van der Waals surface area contributed by atoms with Gasteiger partial charge in [0.15, 0.2) is 0 Å². The van der Waals surface area contributed by atoms with Gasteiger partial charge in [0.05, 0.1) is 23.0 Å². The van der Waals surface area contributed by atoms with E-state index in [1.54, 1.807) is 24.3 Å². The van der Waals surface area contributed by atoms with Crippen LogP contribution in [-0.4, -0.2) is 19.6 Å². The molecule has 1 atom stereocenters. The van der Waals surface area contributed by atoms with Crippen LogP contribution in [-0.2, 0) is 11.4 Å². The molecule has 1 aromatic carbocycles. The first-order valence-corrected chi connectivity index (χ1v) is 4.37. The maximum atomic E-state index is 10.1. The first-order valence-electron chi connectivity index (χ1n) is 3.34. The van der Waals surface area contributed by atoms with Crippen LogP contribution in [0.4, 0.5) is 0 Å². The number of benzene rings is 1. The molecule has 0 radical (unpaired) electrons. The molecule has 0 heterocycles. The van der Waals surface area contributed by atoms with Gasteiger partial charge in [0.1, 0.15) is 6.29 Å². The molecule has 0 saturated heterocycles. The summed E-state index contributed by atoms with van der Waals surface area (Å²) in [6.45, 7) is 0. The van der Waals surface area contributed by atoms with Crippen LogP contribution in [0.2, 0.25) is 0 Å². The van der Waals surface area contributed by atoms with Gasteiger partial charge in [0.2, 0.25) is 0 Å². The van der Waals surface area contributed by atoms with Crippen LogP contribution in [0.5, 0.6) is 0 Å². The molecule has 0 bridgehead atoms. The SMILES string of the molecule is N#Cc1ccc(C=O)cc1.O=S([O-])O.[Na+]. The third kappa shape index (κ3) is 9.75. The minimum Gasteiger partial charge on any atom is -0.750 e. The van der Waals surface area contributed by atoms with E-state index in [0.29, 0.717) is 11.1 Å². The van der Waals surface area contributed by atoms with Gasteiger partial charge in [-0.2, -0.15) is 5.26 Å². The number of nitriles is 1. The van der Waals surface area contributed by atoms with Gasteiger partial charge >= 0.3 is 29.6 Å². The maximum absolute atomic E-state index is 10.1. The zero-order chi connectivity index (χ0) is 11.0. The molecule has 15 heavy (non-hydrogen) atoms. The van der Waals surface area contributed by atoms with Crippen LogP contribution >= 0.6 is 0 Å². The van der Waals surface area contributed by atoms with Crippen LogP contribution in [0.3, 0.4) is 0 Å². The summed E-state index contributed by atoms with van der Waals surface area (Å²) in [4.78, 5) is 10.1. The van der Waals surface area contributed by atoms with Gasteiger partial charge in [0.25, 0.3) is 0 Å². The summed E-state index contributed by atoms with van der Waals surface area (Å²) < 4.78 is 24.1. The molecule has 5 nitrogen and oxygen atoms in total. The fraction of sp³-hybridized carbons (Fsp3) is 0. The minimum absolute atomic E-state index is 0. The zero-order valence-corrected chi connectivity index (χ0v) is 10.7. The van der Waals surface area contributed by atoms with E-state index in [9.17, 15) is 4.79 Å². The summed E-state index contributed by atoms with van der Waals surface area (Å²) in [6.07, 6.45) is 0.751. The van der Waals surface area contributed by atoms with Gasteiger partial charge in [-0.1, -0.05) is 12.1 Å². The second-order valence-corrected chi connectivity index (χ2v) is 2.50. The average molecular weight is 235 g/mol. The Morgan fingerprint density at radius 3 is 2.07 bits per heavy atom. The summed E-state index contributed by atoms with van der Waals surface area (Å²) in [6, 6.07) is 8.43. The molecule has 74 valence electrons. The smallest absolute Gasteiger partial charge is 0.750 e. The Bertz CT molecular complexity index is 356. The number of nitrogens with zero attached hydrogens (tertiary/aromatic N) is 1. The summed E-state index contributed by atoms with van der Waals surface area (Å²) >= 11 is -2.86. The molecule has 0 aliphatic heterocycles. The summed E-state index contributed by atoms with van der Waals surface area (Å²) in [5.74, 6) is 0. The molecule has 0 aromatic heterocycles. The number of carbonyl (C=O) groups is 1. The van der Waals surface area contributed by atoms with Crippen LogP contribution in [0.1, 0.15) is 15.9 Å². The van der Waals surface area contributed by atoms with E-state index in [-0.39, 0.29) is 29.6 Å². The van der Waals surface area contributed by atoms with E-state index in [1.807, 2.05) is 6.07 Å². The molecular weight excluding hydrogens is 229 g/mol. The Labute approximate surface area is 112 Å². The van der Waals surface area contributed by atoms with Crippen molar-refractivity contribution in [3.8, 4) is 6.07 Å². The van der Waals surface area contributed by atoms with Crippen LogP contribution in [0.25, 0.3) is 0 Å². The molecule has 1 unspecified atom stereocenters. The van der Waals surface area contributed by atoms with E-state index in [1.165, 1.54) is 0 Å². The second-order valence-electron chi connectivity index (χ2n) is 2.07. The van der Waals surface area contributed by atoms with Crippen molar-refractivity contribution in [2.45, 2.75) is 0 Å². The standard InChI is InChI=1S/C8H5NO.Na.H2O3S/c9-5-7-1-3-8(6-10)4-2-7;;1-4(2)3/h1-4,6H;;(H2,1,2,3)/q;+1;/p-1. The third-order valence-corrected chi connectivity index (χ3v) is 1.18. The molecule has 0 amide bonds. The molecular formula is C8H6NNaO4S. The largest absolute Gasteiger partial charge is 1.00 e. The molecule has 1 aromatic rings. The van der Waals surface area contributed by atoms with Gasteiger partial charge in [-0.3, -0.25) is 4.79 Å². The fourth-order valence-electron chi connectivity index (χ4n) is 0.636. The Morgan fingerprint density at radius 2 is 1.80 bits per heavy atom. The van der Waals surface area contributed by atoms with Crippen molar-refractivity contribution < 1.29 is 47.7 Å². The maximum Gasteiger partial charge on any atom is 1.00 e.